The molecule has 29 heavy (non-hydrogen) atoms. The Morgan fingerprint density at radius 3 is 2.66 bits per heavy atom. The van der Waals surface area contributed by atoms with Gasteiger partial charge in [0.15, 0.2) is 0 Å². The zero-order chi connectivity index (χ0) is 19.8. The molecule has 0 aliphatic heterocycles. The van der Waals surface area contributed by atoms with Gasteiger partial charge in [-0.15, -0.1) is 0 Å². The highest BCUT2D eigenvalue weighted by atomic mass is 15.0. The second kappa shape index (κ2) is 6.13. The number of hydrogen-bond donors (Lipinski definition) is 0. The summed E-state index contributed by atoms with van der Waals surface area (Å²) in [5.74, 6) is 3.43. The van der Waals surface area contributed by atoms with Gasteiger partial charge in [0, 0.05) is 17.3 Å². The zero-order valence-corrected chi connectivity index (χ0v) is 18.3. The van der Waals surface area contributed by atoms with Crippen molar-refractivity contribution in [2.75, 3.05) is 0 Å². The quantitative estimate of drug-likeness (QED) is 0.443. The first kappa shape index (κ1) is 18.0. The fourth-order valence-corrected chi connectivity index (χ4v) is 8.11. The van der Waals surface area contributed by atoms with Crippen molar-refractivity contribution >= 4 is 16.6 Å². The Balaban J connectivity index is 1.36. The van der Waals surface area contributed by atoms with Gasteiger partial charge in [-0.05, 0) is 91.6 Å². The highest BCUT2D eigenvalue weighted by Crippen LogP contribution is 2.66. The molecule has 4 aliphatic carbocycles. The van der Waals surface area contributed by atoms with Crippen molar-refractivity contribution < 1.29 is 0 Å². The maximum atomic E-state index is 2.66. The molecule has 0 bridgehead atoms. The maximum Gasteiger partial charge on any atom is 0.0525 e. The van der Waals surface area contributed by atoms with Crippen LogP contribution in [0.3, 0.4) is 0 Å². The van der Waals surface area contributed by atoms with Crippen LogP contribution >= 0.6 is 0 Å². The average Bonchev–Trinajstić information content (AvgIpc) is 3.29. The predicted octanol–water partition coefficient (Wildman–Crippen LogP) is 7.69. The van der Waals surface area contributed by atoms with E-state index in [1.165, 1.54) is 55.8 Å². The second-order valence-corrected chi connectivity index (χ2v) is 11.1. The summed E-state index contributed by atoms with van der Waals surface area (Å²) in [5, 5.41) is 1.37. The minimum Gasteiger partial charge on any atom is -0.320 e. The van der Waals surface area contributed by atoms with Gasteiger partial charge < -0.3 is 4.57 Å². The molecule has 4 aliphatic rings. The van der Waals surface area contributed by atoms with Crippen LogP contribution in [0.25, 0.3) is 16.6 Å². The van der Waals surface area contributed by atoms with Gasteiger partial charge in [0.2, 0.25) is 0 Å². The number of fused-ring (bicyclic) bond motifs is 6. The molecule has 1 nitrogen and oxygen atoms in total. The summed E-state index contributed by atoms with van der Waals surface area (Å²) < 4.78 is 2.52. The summed E-state index contributed by atoms with van der Waals surface area (Å²) in [6, 6.07) is 11.2. The van der Waals surface area contributed by atoms with Crippen LogP contribution < -0.4 is 0 Å². The lowest BCUT2D eigenvalue weighted by atomic mass is 9.47. The van der Waals surface area contributed by atoms with Crippen LogP contribution in [0.5, 0.6) is 0 Å². The van der Waals surface area contributed by atoms with Crippen molar-refractivity contribution in [3.63, 3.8) is 0 Å². The average molecular weight is 386 g/mol. The molecule has 0 amide bonds. The molecular formula is C28H35N. The van der Waals surface area contributed by atoms with E-state index in [4.69, 9.17) is 0 Å². The van der Waals surface area contributed by atoms with Crippen LogP contribution in [0.2, 0.25) is 0 Å². The number of hydrogen-bond acceptors (Lipinski definition) is 0. The van der Waals surface area contributed by atoms with Gasteiger partial charge in [-0.25, -0.2) is 0 Å². The second-order valence-electron chi connectivity index (χ2n) is 11.1. The van der Waals surface area contributed by atoms with E-state index in [9.17, 15) is 0 Å². The third kappa shape index (κ3) is 2.39. The molecule has 152 valence electrons. The molecule has 1 aromatic heterocycles. The fourth-order valence-electron chi connectivity index (χ4n) is 8.11. The van der Waals surface area contributed by atoms with Crippen LogP contribution in [-0.2, 0) is 0 Å². The van der Waals surface area contributed by atoms with E-state index >= 15 is 0 Å². The molecule has 1 heterocycles. The topological polar surface area (TPSA) is 4.93 Å². The molecule has 6 atom stereocenters. The largest absolute Gasteiger partial charge is 0.320 e. The Kier molecular flexibility index (Phi) is 3.81. The molecule has 0 spiro atoms. The molecule has 1 heteroatoms. The molecule has 3 unspecified atom stereocenters. The van der Waals surface area contributed by atoms with E-state index in [-0.39, 0.29) is 0 Å². The molecule has 2 aromatic rings. The highest BCUT2D eigenvalue weighted by Gasteiger charge is 2.57. The van der Waals surface area contributed by atoms with Gasteiger partial charge in [0.05, 0.1) is 5.52 Å². The first-order valence-corrected chi connectivity index (χ1v) is 12.0. The maximum absolute atomic E-state index is 2.66. The van der Waals surface area contributed by atoms with Crippen molar-refractivity contribution in [3.8, 4) is 0 Å². The van der Waals surface area contributed by atoms with Crippen LogP contribution in [-0.4, -0.2) is 4.57 Å². The smallest absolute Gasteiger partial charge is 0.0525 e. The summed E-state index contributed by atoms with van der Waals surface area (Å²) in [4.78, 5) is 0. The molecule has 6 rings (SSSR count). The molecule has 0 N–H and O–H groups in total. The van der Waals surface area contributed by atoms with Gasteiger partial charge >= 0.3 is 0 Å². The van der Waals surface area contributed by atoms with E-state index in [1.54, 1.807) is 5.70 Å². The molecular weight excluding hydrogens is 350 g/mol. The highest BCUT2D eigenvalue weighted by molar-refractivity contribution is 5.84. The molecule has 0 radical (unpaired) electrons. The standard InChI is InChI=1S/C28H35N/c1-19-12-15-27(2)21(18-19)8-9-22-23-10-11-26(28(23,3)16-13-24(22)27)29-17-14-20-6-4-5-7-25(20)29/h4-7,11,14,17-19,22-24H,8-10,12-13,15-16H2,1-3H3/t19-,22?,23?,24?,27-,28-/m0/s1. The molecule has 1 aromatic carbocycles. The number of aromatic nitrogens is 1. The van der Waals surface area contributed by atoms with Gasteiger partial charge in [-0.3, -0.25) is 0 Å². The number of rotatable bonds is 1. The van der Waals surface area contributed by atoms with Gasteiger partial charge in [-0.1, -0.05) is 56.7 Å². The first-order chi connectivity index (χ1) is 14.0. The lowest BCUT2D eigenvalue weighted by molar-refractivity contribution is -0.0251. The van der Waals surface area contributed by atoms with Crippen LogP contribution in [0, 0.1) is 34.5 Å². The Morgan fingerprint density at radius 2 is 1.76 bits per heavy atom. The number of allylic oxidation sites excluding steroid dienone is 4. The van der Waals surface area contributed by atoms with Gasteiger partial charge in [0.1, 0.15) is 0 Å². The van der Waals surface area contributed by atoms with Gasteiger partial charge in [0.25, 0.3) is 0 Å². The summed E-state index contributed by atoms with van der Waals surface area (Å²) in [6.45, 7) is 7.65. The minimum absolute atomic E-state index is 0.336. The Bertz CT molecular complexity index is 1020. The van der Waals surface area contributed by atoms with E-state index in [0.29, 0.717) is 10.8 Å². The van der Waals surface area contributed by atoms with E-state index in [0.717, 1.165) is 23.7 Å². The van der Waals surface area contributed by atoms with E-state index in [1.807, 2.05) is 5.57 Å². The number of para-hydroxylation sites is 1. The monoisotopic (exact) mass is 385 g/mol. The third-order valence-electron chi connectivity index (χ3n) is 9.74. The van der Waals surface area contributed by atoms with Crippen LogP contribution in [0.4, 0.5) is 0 Å². The van der Waals surface area contributed by atoms with Crippen LogP contribution in [0.1, 0.15) is 65.7 Å². The van der Waals surface area contributed by atoms with Crippen molar-refractivity contribution in [3.05, 3.63) is 54.3 Å². The van der Waals surface area contributed by atoms with Gasteiger partial charge in [-0.2, -0.15) is 0 Å². The first-order valence-electron chi connectivity index (χ1n) is 12.0. The molecule has 0 saturated heterocycles. The normalized spacial score (nSPS) is 41.3. The fraction of sp³-hybridized carbons (Fsp3) is 0.571. The van der Waals surface area contributed by atoms with Crippen LogP contribution in [0.15, 0.2) is 54.3 Å². The summed E-state index contributed by atoms with van der Waals surface area (Å²) >= 11 is 0. The number of benzene rings is 1. The van der Waals surface area contributed by atoms with E-state index < -0.39 is 0 Å². The summed E-state index contributed by atoms with van der Waals surface area (Å²) in [6.07, 6.45) is 17.2. The summed E-state index contributed by atoms with van der Waals surface area (Å²) in [7, 11) is 0. The van der Waals surface area contributed by atoms with Crippen molar-refractivity contribution in [2.24, 2.45) is 34.5 Å². The third-order valence-corrected chi connectivity index (χ3v) is 9.74. The molecule has 2 saturated carbocycles. The Labute approximate surface area is 175 Å². The number of nitrogens with zero attached hydrogens (tertiary/aromatic N) is 1. The predicted molar refractivity (Wildman–Crippen MR) is 122 cm³/mol. The minimum atomic E-state index is 0.336. The van der Waals surface area contributed by atoms with Crippen molar-refractivity contribution in [2.45, 2.75) is 65.7 Å². The van der Waals surface area contributed by atoms with E-state index in [2.05, 4.69) is 74.0 Å². The Hall–Kier alpha value is -1.76. The SMILES string of the molecule is C[C@@H]1C=C2CCC3C(CC[C@]4(C)C(n5ccc6ccccc65)=CCC34)[C@@]2(C)CC1. The Morgan fingerprint density at radius 1 is 0.931 bits per heavy atom. The zero-order valence-electron chi connectivity index (χ0n) is 18.3. The lowest BCUT2D eigenvalue weighted by Gasteiger charge is -2.58. The lowest BCUT2D eigenvalue weighted by Crippen LogP contribution is -2.50. The van der Waals surface area contributed by atoms with Crippen molar-refractivity contribution in [1.82, 2.24) is 4.57 Å². The summed E-state index contributed by atoms with van der Waals surface area (Å²) in [5.41, 5.74) is 5.61. The molecule has 2 fully saturated rings. The van der Waals surface area contributed by atoms with Crippen molar-refractivity contribution in [1.29, 1.82) is 0 Å².